The lowest BCUT2D eigenvalue weighted by Gasteiger charge is -2.30. The van der Waals surface area contributed by atoms with Crippen LogP contribution in [-0.4, -0.2) is 51.8 Å². The van der Waals surface area contributed by atoms with Crippen LogP contribution in [0.4, 0.5) is 0 Å². The highest BCUT2D eigenvalue weighted by Gasteiger charge is 2.50. The first kappa shape index (κ1) is 23.1. The Bertz CT molecular complexity index is 467. The van der Waals surface area contributed by atoms with Crippen molar-refractivity contribution in [3.8, 4) is 0 Å². The first-order valence-electron chi connectivity index (χ1n) is 7.41. The van der Waals surface area contributed by atoms with Gasteiger partial charge in [0.15, 0.2) is 5.41 Å². The molecule has 8 nitrogen and oxygen atoms in total. The van der Waals surface area contributed by atoms with Crippen molar-refractivity contribution in [3.05, 3.63) is 0 Å². The van der Waals surface area contributed by atoms with E-state index in [1.165, 1.54) is 21.1 Å². The molecule has 0 spiro atoms. The standard InChI is InChI=1S/C14H25O8PS/c1-6-20-12(16)14(9-8-11(3)15,13(17)21-7-2)10-22-23(24,18-4)19-5/h6-10H2,1-5H3. The maximum Gasteiger partial charge on any atom is 0.326 e. The van der Waals surface area contributed by atoms with Gasteiger partial charge in [-0.25, -0.2) is 0 Å². The van der Waals surface area contributed by atoms with Crippen LogP contribution in [0.1, 0.15) is 33.6 Å². The monoisotopic (exact) mass is 384 g/mol. The third-order valence-electron chi connectivity index (χ3n) is 3.15. The second-order valence-electron chi connectivity index (χ2n) is 4.81. The van der Waals surface area contributed by atoms with Gasteiger partial charge >= 0.3 is 18.7 Å². The van der Waals surface area contributed by atoms with Crippen LogP contribution in [0.25, 0.3) is 0 Å². The molecule has 0 aliphatic rings. The van der Waals surface area contributed by atoms with E-state index in [2.05, 4.69) is 0 Å². The summed E-state index contributed by atoms with van der Waals surface area (Å²) >= 11 is 5.08. The second kappa shape index (κ2) is 10.9. The smallest absolute Gasteiger partial charge is 0.326 e. The molecule has 0 aromatic heterocycles. The maximum atomic E-state index is 12.5. The lowest BCUT2D eigenvalue weighted by atomic mass is 9.83. The van der Waals surface area contributed by atoms with E-state index in [4.69, 9.17) is 34.9 Å². The fourth-order valence-corrected chi connectivity index (χ4v) is 2.67. The molecule has 0 fully saturated rings. The molecule has 0 heterocycles. The van der Waals surface area contributed by atoms with Crippen molar-refractivity contribution >= 4 is 36.2 Å². The third-order valence-corrected chi connectivity index (χ3v) is 5.70. The van der Waals surface area contributed by atoms with E-state index in [0.717, 1.165) is 0 Å². The highest BCUT2D eigenvalue weighted by molar-refractivity contribution is 8.07. The van der Waals surface area contributed by atoms with Crippen LogP contribution in [-0.2, 0) is 49.2 Å². The molecule has 0 saturated heterocycles. The van der Waals surface area contributed by atoms with Gasteiger partial charge in [0.2, 0.25) is 0 Å². The number of hydrogen-bond acceptors (Lipinski definition) is 9. The number of esters is 2. The Balaban J connectivity index is 5.68. The molecule has 0 amide bonds. The maximum absolute atomic E-state index is 12.5. The Morgan fingerprint density at radius 3 is 1.79 bits per heavy atom. The molecule has 0 N–H and O–H groups in total. The van der Waals surface area contributed by atoms with Gasteiger partial charge in [0, 0.05) is 20.6 Å². The fraction of sp³-hybridized carbons (Fsp3) is 0.786. The Labute approximate surface area is 147 Å². The van der Waals surface area contributed by atoms with E-state index in [9.17, 15) is 14.4 Å². The topological polar surface area (TPSA) is 97.4 Å². The summed E-state index contributed by atoms with van der Waals surface area (Å²) in [6.45, 7) is 1.11. The molecule has 0 aromatic rings. The number of carbonyl (C=O) groups is 3. The zero-order chi connectivity index (χ0) is 18.8. The minimum absolute atomic E-state index is 0.0240. The number of carbonyl (C=O) groups excluding carboxylic acids is 3. The van der Waals surface area contributed by atoms with E-state index in [0.29, 0.717) is 0 Å². The number of hydrogen-bond donors (Lipinski definition) is 0. The van der Waals surface area contributed by atoms with Crippen molar-refractivity contribution in [1.29, 1.82) is 0 Å². The van der Waals surface area contributed by atoms with Crippen molar-refractivity contribution in [2.45, 2.75) is 33.6 Å². The van der Waals surface area contributed by atoms with E-state index < -0.39 is 30.7 Å². The molecule has 24 heavy (non-hydrogen) atoms. The van der Waals surface area contributed by atoms with Gasteiger partial charge in [-0.05, 0) is 39.0 Å². The van der Waals surface area contributed by atoms with E-state index in [-0.39, 0.29) is 31.8 Å². The van der Waals surface area contributed by atoms with Gasteiger partial charge in [-0.1, -0.05) is 0 Å². The number of ketones is 1. The minimum atomic E-state index is -3.11. The highest BCUT2D eigenvalue weighted by atomic mass is 32.5. The van der Waals surface area contributed by atoms with Gasteiger partial charge in [0.25, 0.3) is 0 Å². The van der Waals surface area contributed by atoms with Gasteiger partial charge in [0.1, 0.15) is 5.78 Å². The van der Waals surface area contributed by atoms with E-state index in [1.807, 2.05) is 0 Å². The molecule has 0 aromatic carbocycles. The number of ether oxygens (including phenoxy) is 2. The largest absolute Gasteiger partial charge is 0.465 e. The zero-order valence-corrected chi connectivity index (χ0v) is 16.4. The van der Waals surface area contributed by atoms with Crippen molar-refractivity contribution < 1.29 is 37.4 Å². The predicted molar refractivity (Wildman–Crippen MR) is 89.9 cm³/mol. The number of rotatable bonds is 12. The molecule has 0 rings (SSSR count). The Morgan fingerprint density at radius 2 is 1.46 bits per heavy atom. The average Bonchev–Trinajstić information content (AvgIpc) is 2.55. The summed E-state index contributed by atoms with van der Waals surface area (Å²) < 4.78 is 25.4. The van der Waals surface area contributed by atoms with Crippen molar-refractivity contribution in [1.82, 2.24) is 0 Å². The zero-order valence-electron chi connectivity index (χ0n) is 14.7. The van der Waals surface area contributed by atoms with Crippen LogP contribution < -0.4 is 0 Å². The summed E-state index contributed by atoms with van der Waals surface area (Å²) in [5.41, 5.74) is -1.81. The van der Waals surface area contributed by atoms with Gasteiger partial charge < -0.3 is 27.8 Å². The second-order valence-corrected chi connectivity index (χ2v) is 8.04. The Hall–Kier alpha value is -0.860. The summed E-state index contributed by atoms with van der Waals surface area (Å²) in [6, 6.07) is 0. The summed E-state index contributed by atoms with van der Waals surface area (Å²) in [5.74, 6) is -1.86. The molecular formula is C14H25O8PS. The molecule has 0 bridgehead atoms. The van der Waals surface area contributed by atoms with Gasteiger partial charge in [0.05, 0.1) is 19.8 Å². The molecule has 0 unspecified atom stereocenters. The van der Waals surface area contributed by atoms with Gasteiger partial charge in [-0.2, -0.15) is 0 Å². The SMILES string of the molecule is CCOC(=O)C(CCC(C)=O)(COP(=S)(OC)OC)C(=O)OCC. The first-order chi connectivity index (χ1) is 11.2. The van der Waals surface area contributed by atoms with Gasteiger partial charge in [-0.3, -0.25) is 9.59 Å². The summed E-state index contributed by atoms with van der Waals surface area (Å²) in [7, 11) is 2.60. The summed E-state index contributed by atoms with van der Waals surface area (Å²) in [4.78, 5) is 36.3. The van der Waals surface area contributed by atoms with Crippen molar-refractivity contribution in [2.75, 3.05) is 34.0 Å². The summed E-state index contributed by atoms with van der Waals surface area (Å²) in [6.07, 6.45) is -0.146. The number of Topliss-reactive ketones (excluding diaryl/α,β-unsaturated/α-hetero) is 1. The molecular weight excluding hydrogens is 359 g/mol. The lowest BCUT2D eigenvalue weighted by Crippen LogP contribution is -2.46. The quantitative estimate of drug-likeness (QED) is 0.284. The lowest BCUT2D eigenvalue weighted by molar-refractivity contribution is -0.175. The summed E-state index contributed by atoms with van der Waals surface area (Å²) in [5, 5.41) is 0. The molecule has 10 heteroatoms. The average molecular weight is 384 g/mol. The van der Waals surface area contributed by atoms with Gasteiger partial charge in [-0.15, -0.1) is 0 Å². The van der Waals surface area contributed by atoms with E-state index in [1.54, 1.807) is 13.8 Å². The fourth-order valence-electron chi connectivity index (χ4n) is 1.77. The molecule has 0 radical (unpaired) electrons. The molecule has 0 atom stereocenters. The van der Waals surface area contributed by atoms with Crippen molar-refractivity contribution in [2.24, 2.45) is 5.41 Å². The molecule has 0 aliphatic heterocycles. The van der Waals surface area contributed by atoms with Crippen molar-refractivity contribution in [3.63, 3.8) is 0 Å². The normalized spacial score (nSPS) is 11.9. The molecule has 0 saturated carbocycles. The van der Waals surface area contributed by atoms with Crippen LogP contribution in [0.5, 0.6) is 0 Å². The third kappa shape index (κ3) is 6.57. The predicted octanol–water partition coefficient (Wildman–Crippen LogP) is 2.00. The molecule has 0 aliphatic carbocycles. The molecule has 140 valence electrons. The van der Waals surface area contributed by atoms with Crippen LogP contribution >= 0.6 is 6.72 Å². The Morgan fingerprint density at radius 1 is 1.00 bits per heavy atom. The first-order valence-corrected chi connectivity index (χ1v) is 9.96. The van der Waals surface area contributed by atoms with Crippen LogP contribution in [0.15, 0.2) is 0 Å². The Kier molecular flexibility index (Phi) is 10.5. The minimum Gasteiger partial charge on any atom is -0.465 e. The van der Waals surface area contributed by atoms with E-state index >= 15 is 0 Å². The van der Waals surface area contributed by atoms with Crippen LogP contribution in [0.2, 0.25) is 0 Å². The van der Waals surface area contributed by atoms with Crippen LogP contribution in [0.3, 0.4) is 0 Å². The highest BCUT2D eigenvalue weighted by Crippen LogP contribution is 2.49. The van der Waals surface area contributed by atoms with Crippen LogP contribution in [0, 0.1) is 5.41 Å².